The molecule has 0 aliphatic heterocycles. The zero-order chi connectivity index (χ0) is 15.0. The number of carbonyl (C=O) groups excluding carboxylic acids is 1. The van der Waals surface area contributed by atoms with Crippen LogP contribution in [0.25, 0.3) is 0 Å². The number of hydrogen-bond donors (Lipinski definition) is 1. The van der Waals surface area contributed by atoms with Crippen molar-refractivity contribution in [2.45, 2.75) is 46.1 Å². The predicted molar refractivity (Wildman–Crippen MR) is 78.0 cm³/mol. The van der Waals surface area contributed by atoms with Gasteiger partial charge in [0.25, 0.3) is 0 Å². The number of carbonyl (C=O) groups is 1. The standard InChI is InChI=1S/C15H20N4O2/c1-9-8-16-19(11(3)12-4-5-12)15(9)17-14(20)7-13-6-10(2)18-21-13/h6,8,11-12H,4-5,7H2,1-3H3,(H,17,20)/t11-/m0/s1. The van der Waals surface area contributed by atoms with E-state index in [2.05, 4.69) is 22.5 Å². The molecule has 21 heavy (non-hydrogen) atoms. The van der Waals surface area contributed by atoms with Crippen molar-refractivity contribution in [1.82, 2.24) is 14.9 Å². The Bertz CT molecular complexity index is 654. The maximum absolute atomic E-state index is 12.2. The van der Waals surface area contributed by atoms with E-state index in [4.69, 9.17) is 4.52 Å². The Kier molecular flexibility index (Phi) is 3.53. The van der Waals surface area contributed by atoms with E-state index in [0.717, 1.165) is 17.1 Å². The lowest BCUT2D eigenvalue weighted by molar-refractivity contribution is -0.115. The zero-order valence-electron chi connectivity index (χ0n) is 12.6. The van der Waals surface area contributed by atoms with Crippen molar-refractivity contribution in [3.8, 4) is 0 Å². The van der Waals surface area contributed by atoms with E-state index < -0.39 is 0 Å². The molecule has 112 valence electrons. The second-order valence-electron chi connectivity index (χ2n) is 5.86. The molecule has 1 fully saturated rings. The average Bonchev–Trinajstić information content (AvgIpc) is 3.13. The van der Waals surface area contributed by atoms with Gasteiger partial charge in [-0.2, -0.15) is 5.10 Å². The van der Waals surface area contributed by atoms with Gasteiger partial charge in [0.05, 0.1) is 24.4 Å². The number of rotatable bonds is 5. The first-order valence-corrected chi connectivity index (χ1v) is 7.30. The Balaban J connectivity index is 1.71. The summed E-state index contributed by atoms with van der Waals surface area (Å²) in [6.07, 6.45) is 4.46. The number of nitrogens with one attached hydrogen (secondary N) is 1. The van der Waals surface area contributed by atoms with Crippen LogP contribution in [0.2, 0.25) is 0 Å². The number of hydrogen-bond acceptors (Lipinski definition) is 4. The van der Waals surface area contributed by atoms with Gasteiger partial charge < -0.3 is 9.84 Å². The summed E-state index contributed by atoms with van der Waals surface area (Å²) in [5.41, 5.74) is 1.76. The molecular weight excluding hydrogens is 268 g/mol. The van der Waals surface area contributed by atoms with E-state index >= 15 is 0 Å². The first kappa shape index (κ1) is 13.9. The van der Waals surface area contributed by atoms with Crippen molar-refractivity contribution in [2.24, 2.45) is 5.92 Å². The van der Waals surface area contributed by atoms with Gasteiger partial charge in [-0.15, -0.1) is 0 Å². The maximum atomic E-state index is 12.2. The maximum Gasteiger partial charge on any atom is 0.233 e. The van der Waals surface area contributed by atoms with Gasteiger partial charge in [-0.1, -0.05) is 5.16 Å². The highest BCUT2D eigenvalue weighted by Crippen LogP contribution is 2.40. The second-order valence-corrected chi connectivity index (χ2v) is 5.86. The topological polar surface area (TPSA) is 73.0 Å². The third kappa shape index (κ3) is 2.99. The molecule has 3 rings (SSSR count). The molecule has 6 heteroatoms. The molecule has 6 nitrogen and oxygen atoms in total. The first-order chi connectivity index (χ1) is 10.0. The van der Waals surface area contributed by atoms with E-state index in [-0.39, 0.29) is 12.3 Å². The lowest BCUT2D eigenvalue weighted by atomic mass is 10.2. The van der Waals surface area contributed by atoms with Crippen LogP contribution in [0.5, 0.6) is 0 Å². The number of aromatic nitrogens is 3. The van der Waals surface area contributed by atoms with Crippen LogP contribution in [0.3, 0.4) is 0 Å². The van der Waals surface area contributed by atoms with Crippen molar-refractivity contribution in [3.05, 3.63) is 29.3 Å². The number of amides is 1. The van der Waals surface area contributed by atoms with Crippen molar-refractivity contribution in [2.75, 3.05) is 5.32 Å². The Morgan fingerprint density at radius 2 is 2.29 bits per heavy atom. The molecule has 0 unspecified atom stereocenters. The Labute approximate surface area is 123 Å². The minimum atomic E-state index is -0.112. The molecule has 1 N–H and O–H groups in total. The van der Waals surface area contributed by atoms with Crippen molar-refractivity contribution in [1.29, 1.82) is 0 Å². The Hall–Kier alpha value is -2.11. The van der Waals surface area contributed by atoms with E-state index in [1.54, 1.807) is 12.3 Å². The molecule has 0 bridgehead atoms. The van der Waals surface area contributed by atoms with Gasteiger partial charge in [-0.25, -0.2) is 4.68 Å². The van der Waals surface area contributed by atoms with Crippen LogP contribution in [-0.2, 0) is 11.2 Å². The molecule has 1 amide bonds. The number of anilines is 1. The van der Waals surface area contributed by atoms with Crippen LogP contribution < -0.4 is 5.32 Å². The minimum absolute atomic E-state index is 0.112. The van der Waals surface area contributed by atoms with Gasteiger partial charge in [-0.3, -0.25) is 4.79 Å². The smallest absolute Gasteiger partial charge is 0.233 e. The van der Waals surface area contributed by atoms with E-state index in [9.17, 15) is 4.79 Å². The van der Waals surface area contributed by atoms with Crippen molar-refractivity contribution >= 4 is 11.7 Å². The van der Waals surface area contributed by atoms with Gasteiger partial charge in [0.2, 0.25) is 5.91 Å². The molecule has 2 aromatic rings. The normalized spacial score (nSPS) is 16.0. The fourth-order valence-corrected chi connectivity index (χ4v) is 2.53. The summed E-state index contributed by atoms with van der Waals surface area (Å²) in [5.74, 6) is 1.93. The van der Waals surface area contributed by atoms with Gasteiger partial charge >= 0.3 is 0 Å². The first-order valence-electron chi connectivity index (χ1n) is 7.30. The highest BCUT2D eigenvalue weighted by atomic mass is 16.5. The summed E-state index contributed by atoms with van der Waals surface area (Å²) in [6, 6.07) is 2.10. The molecule has 0 saturated heterocycles. The second kappa shape index (κ2) is 5.35. The lowest BCUT2D eigenvalue weighted by Crippen LogP contribution is -2.20. The van der Waals surface area contributed by atoms with Gasteiger partial charge in [0.15, 0.2) is 0 Å². The molecule has 0 spiro atoms. The van der Waals surface area contributed by atoms with Crippen molar-refractivity contribution < 1.29 is 9.32 Å². The molecule has 1 aliphatic carbocycles. The fraction of sp³-hybridized carbons (Fsp3) is 0.533. The largest absolute Gasteiger partial charge is 0.361 e. The summed E-state index contributed by atoms with van der Waals surface area (Å²) in [6.45, 7) is 5.94. The van der Waals surface area contributed by atoms with E-state index in [1.165, 1.54) is 12.8 Å². The van der Waals surface area contributed by atoms with E-state index in [1.807, 2.05) is 18.5 Å². The molecule has 1 saturated carbocycles. The summed E-state index contributed by atoms with van der Waals surface area (Å²) in [7, 11) is 0. The monoisotopic (exact) mass is 288 g/mol. The third-order valence-electron chi connectivity index (χ3n) is 3.94. The van der Waals surface area contributed by atoms with Crippen LogP contribution in [0.4, 0.5) is 5.82 Å². The summed E-state index contributed by atoms with van der Waals surface area (Å²) in [4.78, 5) is 12.2. The highest BCUT2D eigenvalue weighted by molar-refractivity contribution is 5.91. The van der Waals surface area contributed by atoms with Crippen LogP contribution in [-0.4, -0.2) is 20.8 Å². The molecule has 1 aliphatic rings. The molecular formula is C15H20N4O2. The zero-order valence-corrected chi connectivity index (χ0v) is 12.6. The summed E-state index contributed by atoms with van der Waals surface area (Å²) in [5, 5.41) is 11.2. The molecule has 1 atom stereocenters. The summed E-state index contributed by atoms with van der Waals surface area (Å²) >= 11 is 0. The van der Waals surface area contributed by atoms with Crippen LogP contribution in [0, 0.1) is 19.8 Å². The van der Waals surface area contributed by atoms with Gasteiger partial charge in [0.1, 0.15) is 11.6 Å². The minimum Gasteiger partial charge on any atom is -0.361 e. The average molecular weight is 288 g/mol. The Morgan fingerprint density at radius 1 is 1.52 bits per heavy atom. The molecule has 0 aromatic carbocycles. The number of aryl methyl sites for hydroxylation is 2. The van der Waals surface area contributed by atoms with Crippen LogP contribution >= 0.6 is 0 Å². The summed E-state index contributed by atoms with van der Waals surface area (Å²) < 4.78 is 7.00. The van der Waals surface area contributed by atoms with Gasteiger partial charge in [-0.05, 0) is 39.5 Å². The molecule has 2 aromatic heterocycles. The van der Waals surface area contributed by atoms with E-state index in [0.29, 0.717) is 17.7 Å². The van der Waals surface area contributed by atoms with Crippen molar-refractivity contribution in [3.63, 3.8) is 0 Å². The lowest BCUT2D eigenvalue weighted by Gasteiger charge is -2.16. The third-order valence-corrected chi connectivity index (χ3v) is 3.94. The number of nitrogens with zero attached hydrogens (tertiary/aromatic N) is 3. The van der Waals surface area contributed by atoms with Crippen LogP contribution in [0.15, 0.2) is 16.8 Å². The fourth-order valence-electron chi connectivity index (χ4n) is 2.53. The quantitative estimate of drug-likeness (QED) is 0.918. The van der Waals surface area contributed by atoms with Gasteiger partial charge in [0, 0.05) is 11.6 Å². The predicted octanol–water partition coefficient (Wildman–Crippen LogP) is 2.64. The Morgan fingerprint density at radius 3 is 2.90 bits per heavy atom. The highest BCUT2D eigenvalue weighted by Gasteiger charge is 2.31. The molecule has 2 heterocycles. The molecule has 0 radical (unpaired) electrons. The van der Waals surface area contributed by atoms with Crippen LogP contribution in [0.1, 0.15) is 42.8 Å². The SMILES string of the molecule is Cc1cc(CC(=O)Nc2c(C)cnn2[C@@H](C)C2CC2)on1.